The van der Waals surface area contributed by atoms with E-state index >= 15 is 0 Å². The van der Waals surface area contributed by atoms with Crippen LogP contribution in [-0.4, -0.2) is 15.5 Å². The third kappa shape index (κ3) is 3.82. The molecule has 0 saturated carbocycles. The maximum atomic E-state index is 12.3. The molecular weight excluding hydrogens is 340 g/mol. The molecule has 0 unspecified atom stereocenters. The Labute approximate surface area is 127 Å². The van der Waals surface area contributed by atoms with Gasteiger partial charge in [-0.2, -0.15) is 0 Å². The summed E-state index contributed by atoms with van der Waals surface area (Å²) in [7, 11) is -1.75. The summed E-state index contributed by atoms with van der Waals surface area (Å²) in [5.41, 5.74) is 1.45. The predicted octanol–water partition coefficient (Wildman–Crippen LogP) is 2.97. The van der Waals surface area contributed by atoms with E-state index in [1.54, 1.807) is 36.4 Å². The summed E-state index contributed by atoms with van der Waals surface area (Å²) < 4.78 is 28.0. The number of hydrogen-bond donors (Lipinski definition) is 2. The first-order valence-corrected chi connectivity index (χ1v) is 8.31. The van der Waals surface area contributed by atoms with E-state index in [9.17, 15) is 8.42 Å². The SMILES string of the molecule is CNCc1cccc(S(=O)(=O)Nc2cccc(Br)c2)c1. The van der Waals surface area contributed by atoms with E-state index in [4.69, 9.17) is 0 Å². The van der Waals surface area contributed by atoms with E-state index in [-0.39, 0.29) is 4.90 Å². The molecule has 0 heterocycles. The molecule has 0 fully saturated rings. The van der Waals surface area contributed by atoms with Gasteiger partial charge in [0.05, 0.1) is 4.90 Å². The minimum absolute atomic E-state index is 0.255. The van der Waals surface area contributed by atoms with Gasteiger partial charge in [0.2, 0.25) is 0 Å². The zero-order valence-electron chi connectivity index (χ0n) is 10.9. The molecular formula is C14H15BrN2O2S. The highest BCUT2D eigenvalue weighted by molar-refractivity contribution is 9.10. The van der Waals surface area contributed by atoms with Crippen LogP contribution in [0.25, 0.3) is 0 Å². The molecule has 0 radical (unpaired) electrons. The maximum Gasteiger partial charge on any atom is 0.261 e. The summed E-state index contributed by atoms with van der Waals surface area (Å²) in [6.07, 6.45) is 0. The van der Waals surface area contributed by atoms with Crippen molar-refractivity contribution in [2.45, 2.75) is 11.4 Å². The standard InChI is InChI=1S/C14H15BrN2O2S/c1-16-10-11-4-2-7-14(8-11)20(18,19)17-13-6-3-5-12(15)9-13/h2-9,16-17H,10H2,1H3. The van der Waals surface area contributed by atoms with Crippen LogP contribution in [0.2, 0.25) is 0 Å². The first-order valence-electron chi connectivity index (χ1n) is 6.03. The van der Waals surface area contributed by atoms with Crippen molar-refractivity contribution < 1.29 is 8.42 Å². The first kappa shape index (κ1) is 15.0. The van der Waals surface area contributed by atoms with E-state index in [0.717, 1.165) is 10.0 Å². The van der Waals surface area contributed by atoms with Gasteiger partial charge in [0.1, 0.15) is 0 Å². The largest absolute Gasteiger partial charge is 0.316 e. The average Bonchev–Trinajstić information content (AvgIpc) is 2.39. The monoisotopic (exact) mass is 354 g/mol. The van der Waals surface area contributed by atoms with Gasteiger partial charge in [-0.25, -0.2) is 8.42 Å². The molecule has 0 amide bonds. The van der Waals surface area contributed by atoms with E-state index in [1.165, 1.54) is 0 Å². The Balaban J connectivity index is 2.28. The summed E-state index contributed by atoms with van der Waals surface area (Å²) in [5, 5.41) is 3.00. The number of sulfonamides is 1. The maximum absolute atomic E-state index is 12.3. The van der Waals surface area contributed by atoms with Crippen LogP contribution < -0.4 is 10.0 Å². The van der Waals surface area contributed by atoms with Gasteiger partial charge in [0, 0.05) is 16.7 Å². The fraction of sp³-hybridized carbons (Fsp3) is 0.143. The van der Waals surface area contributed by atoms with Gasteiger partial charge in [-0.05, 0) is 42.9 Å². The Morgan fingerprint density at radius 2 is 1.85 bits per heavy atom. The summed E-state index contributed by atoms with van der Waals surface area (Å²) in [4.78, 5) is 0.255. The zero-order valence-corrected chi connectivity index (χ0v) is 13.3. The molecule has 0 spiro atoms. The highest BCUT2D eigenvalue weighted by Gasteiger charge is 2.14. The predicted molar refractivity (Wildman–Crippen MR) is 84.2 cm³/mol. The smallest absolute Gasteiger partial charge is 0.261 e. The van der Waals surface area contributed by atoms with Crippen molar-refractivity contribution in [3.8, 4) is 0 Å². The van der Waals surface area contributed by atoms with Crippen LogP contribution in [0.1, 0.15) is 5.56 Å². The third-order valence-electron chi connectivity index (χ3n) is 2.67. The van der Waals surface area contributed by atoms with Crippen LogP contribution in [0.15, 0.2) is 57.9 Å². The van der Waals surface area contributed by atoms with Gasteiger partial charge in [-0.3, -0.25) is 4.72 Å². The van der Waals surface area contributed by atoms with Gasteiger partial charge in [0.25, 0.3) is 10.0 Å². The highest BCUT2D eigenvalue weighted by Crippen LogP contribution is 2.20. The van der Waals surface area contributed by atoms with Gasteiger partial charge in [0.15, 0.2) is 0 Å². The number of hydrogen-bond acceptors (Lipinski definition) is 3. The van der Waals surface area contributed by atoms with E-state index < -0.39 is 10.0 Å². The molecule has 0 saturated heterocycles. The number of halogens is 1. The Kier molecular flexibility index (Phi) is 4.80. The number of nitrogens with one attached hydrogen (secondary N) is 2. The van der Waals surface area contributed by atoms with Crippen molar-refractivity contribution >= 4 is 31.6 Å². The molecule has 4 nitrogen and oxygen atoms in total. The van der Waals surface area contributed by atoms with Crippen LogP contribution in [0.4, 0.5) is 5.69 Å². The van der Waals surface area contributed by atoms with E-state index in [0.29, 0.717) is 12.2 Å². The Morgan fingerprint density at radius 3 is 2.55 bits per heavy atom. The van der Waals surface area contributed by atoms with Crippen molar-refractivity contribution in [1.82, 2.24) is 5.32 Å². The van der Waals surface area contributed by atoms with Crippen LogP contribution in [0.5, 0.6) is 0 Å². The fourth-order valence-electron chi connectivity index (χ4n) is 1.79. The van der Waals surface area contributed by atoms with Crippen molar-refractivity contribution in [2.24, 2.45) is 0 Å². The molecule has 0 aliphatic carbocycles. The quantitative estimate of drug-likeness (QED) is 0.867. The lowest BCUT2D eigenvalue weighted by Gasteiger charge is -2.09. The van der Waals surface area contributed by atoms with Gasteiger partial charge in [-0.15, -0.1) is 0 Å². The summed E-state index contributed by atoms with van der Waals surface area (Å²) in [6, 6.07) is 13.9. The summed E-state index contributed by atoms with van der Waals surface area (Å²) >= 11 is 3.31. The summed E-state index contributed by atoms with van der Waals surface area (Å²) in [5.74, 6) is 0. The molecule has 2 N–H and O–H groups in total. The Morgan fingerprint density at radius 1 is 1.10 bits per heavy atom. The topological polar surface area (TPSA) is 58.2 Å². The van der Waals surface area contributed by atoms with Crippen molar-refractivity contribution in [2.75, 3.05) is 11.8 Å². The first-order chi connectivity index (χ1) is 9.51. The molecule has 0 aromatic heterocycles. The lowest BCUT2D eigenvalue weighted by molar-refractivity contribution is 0.601. The number of benzene rings is 2. The van der Waals surface area contributed by atoms with Gasteiger partial charge in [-0.1, -0.05) is 34.1 Å². The Hall–Kier alpha value is -1.37. The van der Waals surface area contributed by atoms with Gasteiger partial charge >= 0.3 is 0 Å². The second-order valence-corrected chi connectivity index (χ2v) is 6.89. The van der Waals surface area contributed by atoms with Crippen LogP contribution in [-0.2, 0) is 16.6 Å². The molecule has 2 aromatic carbocycles. The molecule has 106 valence electrons. The third-order valence-corrected chi connectivity index (χ3v) is 4.54. The molecule has 6 heteroatoms. The van der Waals surface area contributed by atoms with Crippen molar-refractivity contribution in [3.63, 3.8) is 0 Å². The molecule has 0 aliphatic heterocycles. The molecule has 2 aromatic rings. The second-order valence-electron chi connectivity index (χ2n) is 4.29. The molecule has 2 rings (SSSR count). The zero-order chi connectivity index (χ0) is 14.6. The molecule has 0 aliphatic rings. The van der Waals surface area contributed by atoms with Crippen LogP contribution >= 0.6 is 15.9 Å². The summed E-state index contributed by atoms with van der Waals surface area (Å²) in [6.45, 7) is 0.625. The van der Waals surface area contributed by atoms with Crippen LogP contribution in [0.3, 0.4) is 0 Å². The van der Waals surface area contributed by atoms with Crippen LogP contribution in [0, 0.1) is 0 Å². The lowest BCUT2D eigenvalue weighted by Crippen LogP contribution is -2.14. The minimum atomic E-state index is -3.57. The van der Waals surface area contributed by atoms with E-state index in [1.807, 2.05) is 19.2 Å². The lowest BCUT2D eigenvalue weighted by atomic mass is 10.2. The second kappa shape index (κ2) is 6.39. The fourth-order valence-corrected chi connectivity index (χ4v) is 3.31. The molecule has 0 atom stereocenters. The van der Waals surface area contributed by atoms with Crippen molar-refractivity contribution in [3.05, 3.63) is 58.6 Å². The number of anilines is 1. The molecule has 0 bridgehead atoms. The van der Waals surface area contributed by atoms with Gasteiger partial charge < -0.3 is 5.32 Å². The van der Waals surface area contributed by atoms with E-state index in [2.05, 4.69) is 26.0 Å². The Bertz CT molecular complexity index is 702. The normalized spacial score (nSPS) is 11.3. The minimum Gasteiger partial charge on any atom is -0.316 e. The highest BCUT2D eigenvalue weighted by atomic mass is 79.9. The molecule has 20 heavy (non-hydrogen) atoms. The van der Waals surface area contributed by atoms with Crippen molar-refractivity contribution in [1.29, 1.82) is 0 Å². The average molecular weight is 355 g/mol. The number of rotatable bonds is 5.